The van der Waals surface area contributed by atoms with Crippen molar-refractivity contribution < 1.29 is 14.6 Å². The number of benzene rings is 1. The molecule has 4 nitrogen and oxygen atoms in total. The van der Waals surface area contributed by atoms with Gasteiger partial charge < -0.3 is 14.7 Å². The molecule has 0 bridgehead atoms. The Morgan fingerprint density at radius 3 is 2.94 bits per heavy atom. The van der Waals surface area contributed by atoms with Crippen molar-refractivity contribution in [2.75, 3.05) is 20.2 Å². The van der Waals surface area contributed by atoms with Gasteiger partial charge in [-0.1, -0.05) is 0 Å². The molecule has 1 aliphatic rings. The van der Waals surface area contributed by atoms with E-state index in [9.17, 15) is 9.90 Å². The summed E-state index contributed by atoms with van der Waals surface area (Å²) < 4.78 is 5.97. The highest BCUT2D eigenvalue weighted by atomic mass is 79.9. The van der Waals surface area contributed by atoms with Crippen LogP contribution in [0, 0.1) is 0 Å². The fourth-order valence-corrected chi connectivity index (χ4v) is 2.31. The molecule has 0 saturated carbocycles. The third-order valence-electron chi connectivity index (χ3n) is 2.85. The van der Waals surface area contributed by atoms with E-state index in [2.05, 4.69) is 15.9 Å². The minimum absolute atomic E-state index is 0.0626. The summed E-state index contributed by atoms with van der Waals surface area (Å²) in [6.07, 6.45) is 0.260. The second-order valence-corrected chi connectivity index (χ2v) is 4.90. The van der Waals surface area contributed by atoms with Crippen LogP contribution in [0.2, 0.25) is 0 Å². The van der Waals surface area contributed by atoms with Crippen molar-refractivity contribution >= 4 is 21.8 Å². The number of aliphatic hydroxyl groups is 1. The summed E-state index contributed by atoms with van der Waals surface area (Å²) in [5, 5.41) is 9.41. The lowest BCUT2D eigenvalue weighted by Gasteiger charge is -2.16. The fraction of sp³-hybridized carbons (Fsp3) is 0.417. The Bertz CT molecular complexity index is 436. The SMILES string of the molecule is COc1cc(C(=O)N2CC[C@H](O)C2)ccc1Br. The Labute approximate surface area is 108 Å². The summed E-state index contributed by atoms with van der Waals surface area (Å²) in [6, 6.07) is 5.25. The zero-order valence-corrected chi connectivity index (χ0v) is 11.1. The highest BCUT2D eigenvalue weighted by Crippen LogP contribution is 2.26. The normalized spacial score (nSPS) is 19.5. The molecule has 1 aromatic carbocycles. The molecule has 2 rings (SSSR count). The Balaban J connectivity index is 2.19. The van der Waals surface area contributed by atoms with Crippen molar-refractivity contribution in [2.45, 2.75) is 12.5 Å². The van der Waals surface area contributed by atoms with Crippen molar-refractivity contribution in [3.8, 4) is 5.75 Å². The van der Waals surface area contributed by atoms with E-state index in [0.29, 0.717) is 30.8 Å². The van der Waals surface area contributed by atoms with Gasteiger partial charge in [-0.15, -0.1) is 0 Å². The smallest absolute Gasteiger partial charge is 0.254 e. The first-order chi connectivity index (χ1) is 8.11. The van der Waals surface area contributed by atoms with Crippen LogP contribution in [0.4, 0.5) is 0 Å². The summed E-state index contributed by atoms with van der Waals surface area (Å²) in [6.45, 7) is 1.02. The molecular formula is C12H14BrNO3. The lowest BCUT2D eigenvalue weighted by molar-refractivity contribution is 0.0764. The highest BCUT2D eigenvalue weighted by Gasteiger charge is 2.25. The molecule has 0 unspecified atom stereocenters. The first kappa shape index (κ1) is 12.4. The van der Waals surface area contributed by atoms with Crippen molar-refractivity contribution in [1.29, 1.82) is 0 Å². The molecule has 92 valence electrons. The predicted molar refractivity (Wildman–Crippen MR) is 67.2 cm³/mol. The molecule has 5 heteroatoms. The maximum Gasteiger partial charge on any atom is 0.254 e. The van der Waals surface area contributed by atoms with E-state index in [4.69, 9.17) is 4.74 Å². The Morgan fingerprint density at radius 2 is 2.35 bits per heavy atom. The Morgan fingerprint density at radius 1 is 1.59 bits per heavy atom. The second-order valence-electron chi connectivity index (χ2n) is 4.04. The molecule has 1 aliphatic heterocycles. The number of amides is 1. The van der Waals surface area contributed by atoms with E-state index >= 15 is 0 Å². The number of ether oxygens (including phenoxy) is 1. The van der Waals surface area contributed by atoms with Crippen LogP contribution >= 0.6 is 15.9 Å². The van der Waals surface area contributed by atoms with Gasteiger partial charge in [0.2, 0.25) is 0 Å². The number of hydrogen-bond donors (Lipinski definition) is 1. The van der Waals surface area contributed by atoms with Gasteiger partial charge in [0.15, 0.2) is 0 Å². The number of likely N-dealkylation sites (tertiary alicyclic amines) is 1. The number of nitrogens with zero attached hydrogens (tertiary/aromatic N) is 1. The molecule has 1 amide bonds. The number of β-amino-alcohol motifs (C(OH)–C–C–N with tert-alkyl or cyclic N) is 1. The lowest BCUT2D eigenvalue weighted by Crippen LogP contribution is -2.29. The van der Waals surface area contributed by atoms with Crippen LogP contribution in [0.3, 0.4) is 0 Å². The van der Waals surface area contributed by atoms with Crippen molar-refractivity contribution in [3.05, 3.63) is 28.2 Å². The fourth-order valence-electron chi connectivity index (χ4n) is 1.90. The number of rotatable bonds is 2. The standard InChI is InChI=1S/C12H14BrNO3/c1-17-11-6-8(2-3-10(11)13)12(16)14-5-4-9(15)7-14/h2-3,6,9,15H,4-5,7H2,1H3/t9-/m0/s1. The maximum absolute atomic E-state index is 12.1. The van der Waals surface area contributed by atoms with E-state index in [0.717, 1.165) is 4.47 Å². The maximum atomic E-state index is 12.1. The quantitative estimate of drug-likeness (QED) is 0.904. The monoisotopic (exact) mass is 299 g/mol. The molecule has 0 spiro atoms. The second kappa shape index (κ2) is 5.06. The Kier molecular flexibility index (Phi) is 3.69. The van der Waals surface area contributed by atoms with Gasteiger partial charge in [-0.2, -0.15) is 0 Å². The van der Waals surface area contributed by atoms with E-state index in [-0.39, 0.29) is 5.91 Å². The third kappa shape index (κ3) is 2.61. The molecule has 0 aromatic heterocycles. The molecule has 17 heavy (non-hydrogen) atoms. The summed E-state index contributed by atoms with van der Waals surface area (Å²) in [5.41, 5.74) is 0.583. The summed E-state index contributed by atoms with van der Waals surface area (Å²) in [5.74, 6) is 0.572. The van der Waals surface area contributed by atoms with Gasteiger partial charge in [0.05, 0.1) is 17.7 Å². The zero-order chi connectivity index (χ0) is 12.4. The molecule has 1 aromatic rings. The van der Waals surface area contributed by atoms with E-state index in [1.807, 2.05) is 0 Å². The van der Waals surface area contributed by atoms with E-state index in [1.54, 1.807) is 30.2 Å². The molecular weight excluding hydrogens is 286 g/mol. The summed E-state index contributed by atoms with van der Waals surface area (Å²) in [4.78, 5) is 13.8. The molecule has 0 aliphatic carbocycles. The molecule has 1 saturated heterocycles. The number of carbonyl (C=O) groups excluding carboxylic acids is 1. The van der Waals surface area contributed by atoms with Crippen molar-refractivity contribution in [3.63, 3.8) is 0 Å². The number of hydrogen-bond acceptors (Lipinski definition) is 3. The third-order valence-corrected chi connectivity index (χ3v) is 3.50. The van der Waals surface area contributed by atoms with Crippen LogP contribution in [0.25, 0.3) is 0 Å². The molecule has 1 atom stereocenters. The van der Waals surface area contributed by atoms with Gasteiger partial charge in [-0.25, -0.2) is 0 Å². The minimum Gasteiger partial charge on any atom is -0.496 e. The summed E-state index contributed by atoms with van der Waals surface area (Å²) >= 11 is 3.34. The average molecular weight is 300 g/mol. The van der Waals surface area contributed by atoms with Crippen molar-refractivity contribution in [2.24, 2.45) is 0 Å². The average Bonchev–Trinajstić information content (AvgIpc) is 2.75. The first-order valence-corrected chi connectivity index (χ1v) is 6.22. The van der Waals surface area contributed by atoms with E-state index in [1.165, 1.54) is 0 Å². The van der Waals surface area contributed by atoms with Crippen LogP contribution in [-0.2, 0) is 0 Å². The van der Waals surface area contributed by atoms with Gasteiger partial charge >= 0.3 is 0 Å². The van der Waals surface area contributed by atoms with E-state index < -0.39 is 6.10 Å². The van der Waals surface area contributed by atoms with Gasteiger partial charge in [0.25, 0.3) is 5.91 Å². The largest absolute Gasteiger partial charge is 0.496 e. The molecule has 0 radical (unpaired) electrons. The van der Waals surface area contributed by atoms with Gasteiger partial charge in [0, 0.05) is 18.7 Å². The van der Waals surface area contributed by atoms with Crippen LogP contribution in [0.5, 0.6) is 5.75 Å². The Hall–Kier alpha value is -1.07. The topological polar surface area (TPSA) is 49.8 Å². The van der Waals surface area contributed by atoms with Crippen LogP contribution in [0.15, 0.2) is 22.7 Å². The molecule has 1 N–H and O–H groups in total. The predicted octanol–water partition coefficient (Wildman–Crippen LogP) is 1.66. The van der Waals surface area contributed by atoms with Crippen LogP contribution in [-0.4, -0.2) is 42.2 Å². The summed E-state index contributed by atoms with van der Waals surface area (Å²) in [7, 11) is 1.56. The number of halogens is 1. The van der Waals surface area contributed by atoms with Gasteiger partial charge in [0.1, 0.15) is 5.75 Å². The first-order valence-electron chi connectivity index (χ1n) is 5.42. The lowest BCUT2D eigenvalue weighted by atomic mass is 10.2. The number of carbonyl (C=O) groups is 1. The number of aliphatic hydroxyl groups excluding tert-OH is 1. The van der Waals surface area contributed by atoms with Gasteiger partial charge in [-0.3, -0.25) is 4.79 Å². The highest BCUT2D eigenvalue weighted by molar-refractivity contribution is 9.10. The minimum atomic E-state index is -0.392. The molecule has 1 heterocycles. The van der Waals surface area contributed by atoms with Crippen molar-refractivity contribution in [1.82, 2.24) is 4.90 Å². The van der Waals surface area contributed by atoms with Crippen LogP contribution < -0.4 is 4.74 Å². The number of methoxy groups -OCH3 is 1. The van der Waals surface area contributed by atoms with Crippen LogP contribution in [0.1, 0.15) is 16.8 Å². The zero-order valence-electron chi connectivity index (χ0n) is 9.52. The molecule has 1 fully saturated rings. The van der Waals surface area contributed by atoms with Gasteiger partial charge in [-0.05, 0) is 40.5 Å².